The van der Waals surface area contributed by atoms with E-state index in [1.54, 1.807) is 5.51 Å². The van der Waals surface area contributed by atoms with Crippen LogP contribution < -0.4 is 0 Å². The highest BCUT2D eigenvalue weighted by molar-refractivity contribution is 8.01. The second kappa shape index (κ2) is 4.59. The molecule has 78 valence electrons. The van der Waals surface area contributed by atoms with Crippen LogP contribution in [0.1, 0.15) is 10.5 Å². The first-order valence-electron chi connectivity index (χ1n) is 4.31. The molecule has 0 aliphatic rings. The lowest BCUT2D eigenvalue weighted by atomic mass is 10.3. The summed E-state index contributed by atoms with van der Waals surface area (Å²) in [5.74, 6) is 0.523. The summed E-state index contributed by atoms with van der Waals surface area (Å²) in [6.07, 6.45) is 1.86. The summed E-state index contributed by atoms with van der Waals surface area (Å²) < 4.78 is 2.65. The first kappa shape index (κ1) is 10.4. The van der Waals surface area contributed by atoms with E-state index in [4.69, 9.17) is 0 Å². The molecule has 0 radical (unpaired) electrons. The van der Waals surface area contributed by atoms with Crippen molar-refractivity contribution in [2.45, 2.75) is 4.34 Å². The molecule has 0 bridgehead atoms. The van der Waals surface area contributed by atoms with Gasteiger partial charge in [0.15, 0.2) is 10.1 Å². The molecule has 0 spiro atoms. The molecule has 2 rings (SSSR count). The molecule has 0 aromatic carbocycles. The van der Waals surface area contributed by atoms with Gasteiger partial charge < -0.3 is 4.57 Å². The monoisotopic (exact) mass is 239 g/mol. The average Bonchev–Trinajstić information content (AvgIpc) is 2.84. The van der Waals surface area contributed by atoms with E-state index in [9.17, 15) is 4.79 Å². The standard InChI is InChI=1S/C9H9N3OS2/c1-12-4-2-3-7(12)8(13)5-14-9-11-10-6-15-9/h2-4,6H,5H2,1H3. The van der Waals surface area contributed by atoms with Gasteiger partial charge in [0.2, 0.25) is 0 Å². The quantitative estimate of drug-likeness (QED) is 0.603. The number of rotatable bonds is 4. The minimum atomic E-state index is 0.114. The smallest absolute Gasteiger partial charge is 0.189 e. The lowest BCUT2D eigenvalue weighted by Crippen LogP contribution is -2.07. The molecule has 0 saturated heterocycles. The normalized spacial score (nSPS) is 10.5. The molecule has 0 atom stereocenters. The molecule has 2 aromatic rings. The lowest BCUT2D eigenvalue weighted by molar-refractivity contribution is 0.101. The number of hydrogen-bond acceptors (Lipinski definition) is 5. The van der Waals surface area contributed by atoms with E-state index in [0.717, 1.165) is 10.0 Å². The summed E-state index contributed by atoms with van der Waals surface area (Å²) in [6.45, 7) is 0. The average molecular weight is 239 g/mol. The van der Waals surface area contributed by atoms with E-state index in [0.29, 0.717) is 5.75 Å². The van der Waals surface area contributed by atoms with E-state index in [-0.39, 0.29) is 5.78 Å². The van der Waals surface area contributed by atoms with Crippen molar-refractivity contribution >= 4 is 28.9 Å². The van der Waals surface area contributed by atoms with Crippen LogP contribution in [0.5, 0.6) is 0 Å². The molecule has 0 aliphatic carbocycles. The van der Waals surface area contributed by atoms with Crippen LogP contribution >= 0.6 is 23.1 Å². The minimum absolute atomic E-state index is 0.114. The van der Waals surface area contributed by atoms with Crippen molar-refractivity contribution in [1.82, 2.24) is 14.8 Å². The number of hydrogen-bond donors (Lipinski definition) is 0. The fraction of sp³-hybridized carbons (Fsp3) is 0.222. The molecular formula is C9H9N3OS2. The third-order valence-corrected chi connectivity index (χ3v) is 3.76. The molecule has 2 aromatic heterocycles. The SMILES string of the molecule is Cn1cccc1C(=O)CSc1nncs1. The van der Waals surface area contributed by atoms with Gasteiger partial charge in [-0.25, -0.2) is 0 Å². The molecule has 4 nitrogen and oxygen atoms in total. The maximum Gasteiger partial charge on any atom is 0.189 e. The lowest BCUT2D eigenvalue weighted by Gasteiger charge is -2.00. The number of Topliss-reactive ketones (excluding diaryl/α,β-unsaturated/α-hetero) is 1. The third-order valence-electron chi connectivity index (χ3n) is 1.90. The Hall–Kier alpha value is -1.14. The maximum atomic E-state index is 11.7. The van der Waals surface area contributed by atoms with Gasteiger partial charge >= 0.3 is 0 Å². The minimum Gasteiger partial charge on any atom is -0.348 e. The van der Waals surface area contributed by atoms with Crippen LogP contribution in [0.4, 0.5) is 0 Å². The van der Waals surface area contributed by atoms with Crippen LogP contribution in [-0.2, 0) is 7.05 Å². The number of thioether (sulfide) groups is 1. The predicted molar refractivity (Wildman–Crippen MR) is 60.4 cm³/mol. The first-order valence-corrected chi connectivity index (χ1v) is 6.17. The Balaban J connectivity index is 1.96. The highest BCUT2D eigenvalue weighted by Gasteiger charge is 2.10. The summed E-state index contributed by atoms with van der Waals surface area (Å²) >= 11 is 2.87. The van der Waals surface area contributed by atoms with Gasteiger partial charge in [-0.15, -0.1) is 10.2 Å². The number of aromatic nitrogens is 3. The molecule has 6 heteroatoms. The van der Waals surface area contributed by atoms with Crippen LogP contribution in [0.15, 0.2) is 28.2 Å². The fourth-order valence-corrected chi connectivity index (χ4v) is 2.54. The number of carbonyl (C=O) groups is 1. The van der Waals surface area contributed by atoms with Gasteiger partial charge in [0.1, 0.15) is 5.51 Å². The van der Waals surface area contributed by atoms with Gasteiger partial charge in [-0.05, 0) is 12.1 Å². The molecule has 2 heterocycles. The van der Waals surface area contributed by atoms with E-state index >= 15 is 0 Å². The van der Waals surface area contributed by atoms with E-state index in [1.807, 2.05) is 29.9 Å². The van der Waals surface area contributed by atoms with Crippen molar-refractivity contribution in [3.8, 4) is 0 Å². The van der Waals surface area contributed by atoms with Crippen molar-refractivity contribution in [2.75, 3.05) is 5.75 Å². The molecule has 0 saturated carbocycles. The van der Waals surface area contributed by atoms with Crippen LogP contribution in [0, 0.1) is 0 Å². The Morgan fingerprint density at radius 3 is 3.13 bits per heavy atom. The zero-order valence-corrected chi connectivity index (χ0v) is 9.72. The van der Waals surface area contributed by atoms with Crippen molar-refractivity contribution in [3.05, 3.63) is 29.5 Å². The Kier molecular flexibility index (Phi) is 3.17. The molecule has 0 N–H and O–H groups in total. The predicted octanol–water partition coefficient (Wildman–Crippen LogP) is 1.85. The van der Waals surface area contributed by atoms with E-state index < -0.39 is 0 Å². The second-order valence-electron chi connectivity index (χ2n) is 2.92. The van der Waals surface area contributed by atoms with Crippen LogP contribution in [0.2, 0.25) is 0 Å². The van der Waals surface area contributed by atoms with Gasteiger partial charge in [-0.2, -0.15) is 0 Å². The van der Waals surface area contributed by atoms with Crippen LogP contribution in [0.3, 0.4) is 0 Å². The van der Waals surface area contributed by atoms with Gasteiger partial charge in [-0.3, -0.25) is 4.79 Å². The van der Waals surface area contributed by atoms with Crippen LogP contribution in [-0.4, -0.2) is 26.3 Å². The summed E-state index contributed by atoms with van der Waals surface area (Å²) in [6, 6.07) is 3.69. The highest BCUT2D eigenvalue weighted by Crippen LogP contribution is 2.19. The number of aryl methyl sites for hydroxylation is 1. The second-order valence-corrected chi connectivity index (χ2v) is 4.98. The molecule has 0 fully saturated rings. The fourth-order valence-electron chi connectivity index (χ4n) is 1.18. The van der Waals surface area contributed by atoms with Crippen molar-refractivity contribution in [3.63, 3.8) is 0 Å². The Morgan fingerprint density at radius 1 is 1.67 bits per heavy atom. The Labute approximate surface area is 95.3 Å². The van der Waals surface area contributed by atoms with Gasteiger partial charge in [0, 0.05) is 13.2 Å². The van der Waals surface area contributed by atoms with Gasteiger partial charge in [-0.1, -0.05) is 23.1 Å². The molecular weight excluding hydrogens is 230 g/mol. The summed E-state index contributed by atoms with van der Waals surface area (Å²) in [5, 5.41) is 7.58. The molecule has 0 amide bonds. The summed E-state index contributed by atoms with van der Waals surface area (Å²) in [7, 11) is 1.86. The Morgan fingerprint density at radius 2 is 2.53 bits per heavy atom. The van der Waals surface area contributed by atoms with Crippen molar-refractivity contribution in [1.29, 1.82) is 0 Å². The zero-order valence-electron chi connectivity index (χ0n) is 8.08. The molecule has 0 unspecified atom stereocenters. The topological polar surface area (TPSA) is 47.8 Å². The van der Waals surface area contributed by atoms with Crippen LogP contribution in [0.25, 0.3) is 0 Å². The number of ketones is 1. The Bertz CT molecular complexity index is 450. The maximum absolute atomic E-state index is 11.7. The van der Waals surface area contributed by atoms with Gasteiger partial charge in [0.25, 0.3) is 0 Å². The van der Waals surface area contributed by atoms with Crippen molar-refractivity contribution in [2.24, 2.45) is 7.05 Å². The van der Waals surface area contributed by atoms with Gasteiger partial charge in [0.05, 0.1) is 11.4 Å². The largest absolute Gasteiger partial charge is 0.348 e. The van der Waals surface area contributed by atoms with E-state index in [1.165, 1.54) is 23.1 Å². The third kappa shape index (κ3) is 2.45. The number of carbonyl (C=O) groups excluding carboxylic acids is 1. The molecule has 0 aliphatic heterocycles. The van der Waals surface area contributed by atoms with E-state index in [2.05, 4.69) is 10.2 Å². The number of nitrogens with zero attached hydrogens (tertiary/aromatic N) is 3. The molecule has 15 heavy (non-hydrogen) atoms. The zero-order chi connectivity index (χ0) is 10.7. The van der Waals surface area contributed by atoms with Crippen molar-refractivity contribution < 1.29 is 4.79 Å². The summed E-state index contributed by atoms with van der Waals surface area (Å²) in [5.41, 5.74) is 2.39. The summed E-state index contributed by atoms with van der Waals surface area (Å²) in [4.78, 5) is 11.7. The highest BCUT2D eigenvalue weighted by atomic mass is 32.2. The first-order chi connectivity index (χ1) is 7.27.